The molecule has 4 rings (SSSR count). The summed E-state index contributed by atoms with van der Waals surface area (Å²) in [6, 6.07) is 11.2. The first-order valence-corrected chi connectivity index (χ1v) is 8.88. The summed E-state index contributed by atoms with van der Waals surface area (Å²) in [4.78, 5) is 8.71. The smallest absolute Gasteiger partial charge is 0.168 e. The topological polar surface area (TPSA) is 64.9 Å². The van der Waals surface area contributed by atoms with Crippen LogP contribution in [0.15, 0.2) is 48.9 Å². The zero-order valence-electron chi connectivity index (χ0n) is 14.6. The minimum atomic E-state index is 0.512. The molecule has 4 aromatic rings. The number of aromatic nitrogens is 4. The molecule has 2 heterocycles. The maximum absolute atomic E-state index is 6.25. The van der Waals surface area contributed by atoms with Gasteiger partial charge in [-0.1, -0.05) is 29.3 Å². The quantitative estimate of drug-likeness (QED) is 0.511. The average molecular weight is 400 g/mol. The number of methoxy groups -OCH3 is 1. The zero-order chi connectivity index (χ0) is 19.0. The Kier molecular flexibility index (Phi) is 4.59. The number of halogens is 2. The van der Waals surface area contributed by atoms with Crippen LogP contribution in [-0.4, -0.2) is 26.9 Å². The summed E-state index contributed by atoms with van der Waals surface area (Å²) in [5.41, 5.74) is 3.29. The Morgan fingerprint density at radius 2 is 1.89 bits per heavy atom. The molecule has 0 saturated heterocycles. The minimum Gasteiger partial charge on any atom is -0.495 e. The standard InChI is InChI=1S/C19H15Cl2N5O/c1-11-3-5-13(8-15(11)20)26-19-14(9-24-26)18(22-10-23-19)25-12-4-6-17(27-2)16(21)7-12/h3-10H,1-2H3,(H,22,23,25). The van der Waals surface area contributed by atoms with Gasteiger partial charge in [-0.2, -0.15) is 5.10 Å². The molecule has 0 unspecified atom stereocenters. The molecule has 2 aromatic carbocycles. The number of hydrogen-bond donors (Lipinski definition) is 1. The first-order chi connectivity index (χ1) is 13.1. The van der Waals surface area contributed by atoms with Crippen molar-refractivity contribution in [3.05, 3.63) is 64.5 Å². The number of aryl methyl sites for hydroxylation is 1. The third-order valence-corrected chi connectivity index (χ3v) is 4.88. The van der Waals surface area contributed by atoms with E-state index >= 15 is 0 Å². The molecule has 0 fully saturated rings. The van der Waals surface area contributed by atoms with Gasteiger partial charge in [0.2, 0.25) is 0 Å². The number of ether oxygens (including phenoxy) is 1. The van der Waals surface area contributed by atoms with E-state index in [1.807, 2.05) is 31.2 Å². The lowest BCUT2D eigenvalue weighted by molar-refractivity contribution is 0.415. The number of anilines is 2. The predicted molar refractivity (Wildman–Crippen MR) is 108 cm³/mol. The van der Waals surface area contributed by atoms with Crippen LogP contribution in [0.2, 0.25) is 10.0 Å². The van der Waals surface area contributed by atoms with Crippen molar-refractivity contribution < 1.29 is 4.74 Å². The van der Waals surface area contributed by atoms with Crippen molar-refractivity contribution in [2.45, 2.75) is 6.92 Å². The number of rotatable bonds is 4. The van der Waals surface area contributed by atoms with E-state index in [0.29, 0.717) is 27.3 Å². The Morgan fingerprint density at radius 3 is 2.63 bits per heavy atom. The summed E-state index contributed by atoms with van der Waals surface area (Å²) in [6.07, 6.45) is 3.21. The van der Waals surface area contributed by atoms with Crippen molar-refractivity contribution in [1.29, 1.82) is 0 Å². The SMILES string of the molecule is COc1ccc(Nc2ncnc3c2cnn3-c2ccc(C)c(Cl)c2)cc1Cl. The maximum Gasteiger partial charge on any atom is 0.168 e. The van der Waals surface area contributed by atoms with Crippen LogP contribution in [0.3, 0.4) is 0 Å². The zero-order valence-corrected chi connectivity index (χ0v) is 16.1. The maximum atomic E-state index is 6.25. The average Bonchev–Trinajstić information content (AvgIpc) is 3.09. The fourth-order valence-electron chi connectivity index (χ4n) is 2.73. The van der Waals surface area contributed by atoms with Crippen LogP contribution < -0.4 is 10.1 Å². The van der Waals surface area contributed by atoms with Crippen LogP contribution in [0.1, 0.15) is 5.56 Å². The van der Waals surface area contributed by atoms with Crippen molar-refractivity contribution in [2.75, 3.05) is 12.4 Å². The summed E-state index contributed by atoms with van der Waals surface area (Å²) in [5, 5.41) is 9.67. The van der Waals surface area contributed by atoms with E-state index < -0.39 is 0 Å². The van der Waals surface area contributed by atoms with Gasteiger partial charge in [0.25, 0.3) is 0 Å². The van der Waals surface area contributed by atoms with Gasteiger partial charge in [-0.05, 0) is 42.8 Å². The van der Waals surface area contributed by atoms with Crippen molar-refractivity contribution in [1.82, 2.24) is 19.7 Å². The van der Waals surface area contributed by atoms with E-state index in [1.165, 1.54) is 6.33 Å². The Hall–Kier alpha value is -2.83. The second kappa shape index (κ2) is 7.06. The second-order valence-electron chi connectivity index (χ2n) is 5.92. The molecule has 0 bridgehead atoms. The number of nitrogens with one attached hydrogen (secondary N) is 1. The van der Waals surface area contributed by atoms with Gasteiger partial charge in [-0.15, -0.1) is 0 Å². The van der Waals surface area contributed by atoms with Crippen LogP contribution in [-0.2, 0) is 0 Å². The normalized spacial score (nSPS) is 11.0. The molecule has 2 aromatic heterocycles. The van der Waals surface area contributed by atoms with Gasteiger partial charge in [0.05, 0.1) is 29.4 Å². The van der Waals surface area contributed by atoms with E-state index in [1.54, 1.807) is 30.1 Å². The summed E-state index contributed by atoms with van der Waals surface area (Å²) < 4.78 is 6.91. The Labute approximate surface area is 165 Å². The van der Waals surface area contributed by atoms with Crippen LogP contribution in [0, 0.1) is 6.92 Å². The van der Waals surface area contributed by atoms with Gasteiger partial charge in [-0.3, -0.25) is 0 Å². The van der Waals surface area contributed by atoms with Crippen molar-refractivity contribution in [3.63, 3.8) is 0 Å². The summed E-state index contributed by atoms with van der Waals surface area (Å²) >= 11 is 12.5. The monoisotopic (exact) mass is 399 g/mol. The predicted octanol–water partition coefficient (Wildman–Crippen LogP) is 5.18. The number of fused-ring (bicyclic) bond motifs is 1. The number of hydrogen-bond acceptors (Lipinski definition) is 5. The highest BCUT2D eigenvalue weighted by Crippen LogP contribution is 2.30. The molecular weight excluding hydrogens is 385 g/mol. The Bertz CT molecular complexity index is 1140. The van der Waals surface area contributed by atoms with E-state index in [-0.39, 0.29) is 0 Å². The lowest BCUT2D eigenvalue weighted by Crippen LogP contribution is -2.00. The molecule has 6 nitrogen and oxygen atoms in total. The van der Waals surface area contributed by atoms with Gasteiger partial charge in [0.15, 0.2) is 5.65 Å². The highest BCUT2D eigenvalue weighted by molar-refractivity contribution is 6.32. The largest absolute Gasteiger partial charge is 0.495 e. The first-order valence-electron chi connectivity index (χ1n) is 8.12. The second-order valence-corrected chi connectivity index (χ2v) is 6.74. The lowest BCUT2D eigenvalue weighted by Gasteiger charge is -2.09. The molecule has 0 amide bonds. The van der Waals surface area contributed by atoms with Gasteiger partial charge >= 0.3 is 0 Å². The van der Waals surface area contributed by atoms with E-state index in [4.69, 9.17) is 27.9 Å². The lowest BCUT2D eigenvalue weighted by atomic mass is 10.2. The number of benzene rings is 2. The highest BCUT2D eigenvalue weighted by Gasteiger charge is 2.12. The van der Waals surface area contributed by atoms with Crippen molar-refractivity contribution in [3.8, 4) is 11.4 Å². The third-order valence-electron chi connectivity index (χ3n) is 4.18. The first kappa shape index (κ1) is 17.6. The molecule has 0 aliphatic rings. The van der Waals surface area contributed by atoms with Gasteiger partial charge in [0, 0.05) is 10.7 Å². The van der Waals surface area contributed by atoms with Crippen LogP contribution in [0.5, 0.6) is 5.75 Å². The fourth-order valence-corrected chi connectivity index (χ4v) is 3.16. The summed E-state index contributed by atoms with van der Waals surface area (Å²) in [6.45, 7) is 1.96. The molecule has 0 spiro atoms. The van der Waals surface area contributed by atoms with E-state index in [0.717, 1.165) is 22.3 Å². The molecule has 136 valence electrons. The van der Waals surface area contributed by atoms with Gasteiger partial charge < -0.3 is 10.1 Å². The molecule has 0 radical (unpaired) electrons. The Balaban J connectivity index is 1.74. The van der Waals surface area contributed by atoms with E-state index in [2.05, 4.69) is 20.4 Å². The molecule has 0 aliphatic carbocycles. The molecule has 8 heteroatoms. The van der Waals surface area contributed by atoms with Crippen molar-refractivity contribution >= 4 is 45.7 Å². The minimum absolute atomic E-state index is 0.512. The molecular formula is C19H15Cl2N5O. The summed E-state index contributed by atoms with van der Waals surface area (Å²) in [7, 11) is 1.58. The molecule has 0 aliphatic heterocycles. The highest BCUT2D eigenvalue weighted by atomic mass is 35.5. The molecule has 1 N–H and O–H groups in total. The van der Waals surface area contributed by atoms with Crippen LogP contribution >= 0.6 is 23.2 Å². The molecule has 0 atom stereocenters. The van der Waals surface area contributed by atoms with Crippen LogP contribution in [0.4, 0.5) is 11.5 Å². The molecule has 0 saturated carbocycles. The van der Waals surface area contributed by atoms with Gasteiger partial charge in [-0.25, -0.2) is 14.6 Å². The Morgan fingerprint density at radius 1 is 1.04 bits per heavy atom. The fraction of sp³-hybridized carbons (Fsp3) is 0.105. The molecule has 27 heavy (non-hydrogen) atoms. The summed E-state index contributed by atoms with van der Waals surface area (Å²) in [5.74, 6) is 1.24. The number of nitrogens with zero attached hydrogens (tertiary/aromatic N) is 4. The third kappa shape index (κ3) is 3.29. The van der Waals surface area contributed by atoms with Crippen LogP contribution in [0.25, 0.3) is 16.7 Å². The van der Waals surface area contributed by atoms with E-state index in [9.17, 15) is 0 Å². The van der Waals surface area contributed by atoms with Crippen molar-refractivity contribution in [2.24, 2.45) is 0 Å². The van der Waals surface area contributed by atoms with Gasteiger partial charge in [0.1, 0.15) is 17.9 Å².